The second-order valence-electron chi connectivity index (χ2n) is 4.49. The largest absolute Gasteiger partial charge is 0.396 e. The van der Waals surface area contributed by atoms with E-state index in [1.165, 1.54) is 0 Å². The molecular formula is C13H19N3O. The molecule has 92 valence electrons. The SMILES string of the molecule is CC(CO)CNCc1nc2ccccc2n1C. The minimum Gasteiger partial charge on any atom is -0.396 e. The van der Waals surface area contributed by atoms with Crippen molar-refractivity contribution in [1.29, 1.82) is 0 Å². The highest BCUT2D eigenvalue weighted by atomic mass is 16.3. The Kier molecular flexibility index (Phi) is 3.76. The van der Waals surface area contributed by atoms with Crippen LogP contribution in [0.25, 0.3) is 11.0 Å². The number of imidazole rings is 1. The third-order valence-corrected chi connectivity index (χ3v) is 2.97. The van der Waals surface area contributed by atoms with E-state index in [2.05, 4.69) is 20.9 Å². The van der Waals surface area contributed by atoms with Gasteiger partial charge in [-0.2, -0.15) is 0 Å². The van der Waals surface area contributed by atoms with Crippen LogP contribution < -0.4 is 5.32 Å². The summed E-state index contributed by atoms with van der Waals surface area (Å²) in [4.78, 5) is 4.57. The van der Waals surface area contributed by atoms with Crippen molar-refractivity contribution in [1.82, 2.24) is 14.9 Å². The van der Waals surface area contributed by atoms with Crippen LogP contribution in [-0.2, 0) is 13.6 Å². The number of rotatable bonds is 5. The maximum absolute atomic E-state index is 8.94. The van der Waals surface area contributed by atoms with E-state index in [4.69, 9.17) is 5.11 Å². The normalized spacial score (nSPS) is 13.1. The number of para-hydroxylation sites is 2. The molecule has 0 fully saturated rings. The molecule has 1 aromatic carbocycles. The van der Waals surface area contributed by atoms with Crippen molar-refractivity contribution in [3.63, 3.8) is 0 Å². The average Bonchev–Trinajstić information content (AvgIpc) is 2.67. The zero-order valence-corrected chi connectivity index (χ0v) is 10.3. The Morgan fingerprint density at radius 2 is 2.18 bits per heavy atom. The highest BCUT2D eigenvalue weighted by Gasteiger charge is 2.06. The second-order valence-corrected chi connectivity index (χ2v) is 4.49. The Bertz CT molecular complexity index is 492. The van der Waals surface area contributed by atoms with Gasteiger partial charge in [-0.15, -0.1) is 0 Å². The van der Waals surface area contributed by atoms with E-state index in [1.807, 2.05) is 32.2 Å². The quantitative estimate of drug-likeness (QED) is 0.818. The summed E-state index contributed by atoms with van der Waals surface area (Å²) in [6.45, 7) is 3.77. The number of nitrogens with zero attached hydrogens (tertiary/aromatic N) is 2. The van der Waals surface area contributed by atoms with Gasteiger partial charge in [-0.25, -0.2) is 4.98 Å². The molecule has 1 unspecified atom stereocenters. The molecule has 2 aromatic rings. The van der Waals surface area contributed by atoms with Crippen LogP contribution in [0.15, 0.2) is 24.3 Å². The molecule has 0 aliphatic rings. The van der Waals surface area contributed by atoms with Crippen molar-refractivity contribution < 1.29 is 5.11 Å². The first-order chi connectivity index (χ1) is 8.22. The van der Waals surface area contributed by atoms with Crippen molar-refractivity contribution in [3.8, 4) is 0 Å². The number of fused-ring (bicyclic) bond motifs is 1. The molecule has 2 rings (SSSR count). The van der Waals surface area contributed by atoms with Gasteiger partial charge in [0.15, 0.2) is 0 Å². The van der Waals surface area contributed by atoms with Gasteiger partial charge in [0.1, 0.15) is 5.82 Å². The molecule has 4 nitrogen and oxygen atoms in total. The van der Waals surface area contributed by atoms with Crippen molar-refractivity contribution in [2.75, 3.05) is 13.2 Å². The van der Waals surface area contributed by atoms with Crippen LogP contribution in [0.3, 0.4) is 0 Å². The number of hydrogen-bond acceptors (Lipinski definition) is 3. The van der Waals surface area contributed by atoms with E-state index in [1.54, 1.807) is 0 Å². The molecule has 17 heavy (non-hydrogen) atoms. The average molecular weight is 233 g/mol. The van der Waals surface area contributed by atoms with Crippen LogP contribution in [0, 0.1) is 5.92 Å². The number of aliphatic hydroxyl groups is 1. The topological polar surface area (TPSA) is 50.1 Å². The van der Waals surface area contributed by atoms with Gasteiger partial charge in [-0.05, 0) is 18.1 Å². The van der Waals surface area contributed by atoms with Crippen molar-refractivity contribution in [3.05, 3.63) is 30.1 Å². The molecule has 0 spiro atoms. The summed E-state index contributed by atoms with van der Waals surface area (Å²) in [6.07, 6.45) is 0. The van der Waals surface area contributed by atoms with Gasteiger partial charge < -0.3 is 15.0 Å². The number of aromatic nitrogens is 2. The summed E-state index contributed by atoms with van der Waals surface area (Å²) < 4.78 is 2.10. The second kappa shape index (κ2) is 5.29. The lowest BCUT2D eigenvalue weighted by Crippen LogP contribution is -2.24. The summed E-state index contributed by atoms with van der Waals surface area (Å²) in [5.41, 5.74) is 2.18. The first kappa shape index (κ1) is 12.1. The molecule has 1 heterocycles. The van der Waals surface area contributed by atoms with Gasteiger partial charge in [0.05, 0.1) is 17.6 Å². The van der Waals surface area contributed by atoms with Crippen LogP contribution >= 0.6 is 0 Å². The number of benzene rings is 1. The van der Waals surface area contributed by atoms with E-state index in [9.17, 15) is 0 Å². The predicted octanol–water partition coefficient (Wildman–Crippen LogP) is 1.29. The predicted molar refractivity (Wildman–Crippen MR) is 68.7 cm³/mol. The lowest BCUT2D eigenvalue weighted by atomic mass is 10.2. The highest BCUT2D eigenvalue weighted by Crippen LogP contribution is 2.13. The molecule has 0 radical (unpaired) electrons. The van der Waals surface area contributed by atoms with Crippen molar-refractivity contribution in [2.45, 2.75) is 13.5 Å². The van der Waals surface area contributed by atoms with Crippen LogP contribution in [0.5, 0.6) is 0 Å². The monoisotopic (exact) mass is 233 g/mol. The summed E-state index contributed by atoms with van der Waals surface area (Å²) in [5, 5.41) is 12.3. The van der Waals surface area contributed by atoms with Crippen LogP contribution in [0.2, 0.25) is 0 Å². The third-order valence-electron chi connectivity index (χ3n) is 2.97. The fourth-order valence-electron chi connectivity index (χ4n) is 1.85. The van der Waals surface area contributed by atoms with Gasteiger partial charge in [0.2, 0.25) is 0 Å². The molecule has 0 aliphatic carbocycles. The van der Waals surface area contributed by atoms with Gasteiger partial charge in [-0.3, -0.25) is 0 Å². The summed E-state index contributed by atoms with van der Waals surface area (Å²) in [7, 11) is 2.03. The minimum absolute atomic E-state index is 0.218. The summed E-state index contributed by atoms with van der Waals surface area (Å²) >= 11 is 0. The Hall–Kier alpha value is -1.39. The lowest BCUT2D eigenvalue weighted by molar-refractivity contribution is 0.233. The molecule has 1 aromatic heterocycles. The molecular weight excluding hydrogens is 214 g/mol. The maximum Gasteiger partial charge on any atom is 0.123 e. The fraction of sp³-hybridized carbons (Fsp3) is 0.462. The molecule has 0 saturated heterocycles. The summed E-state index contributed by atoms with van der Waals surface area (Å²) in [5.74, 6) is 1.31. The van der Waals surface area contributed by atoms with E-state index in [-0.39, 0.29) is 12.5 Å². The number of aliphatic hydroxyl groups excluding tert-OH is 1. The smallest absolute Gasteiger partial charge is 0.123 e. The lowest BCUT2D eigenvalue weighted by Gasteiger charge is -2.09. The van der Waals surface area contributed by atoms with E-state index in [0.717, 1.165) is 29.9 Å². The minimum atomic E-state index is 0.218. The Labute approximate surface area is 101 Å². The fourth-order valence-corrected chi connectivity index (χ4v) is 1.85. The standard InChI is InChI=1S/C13H19N3O/c1-10(9-17)7-14-8-13-15-11-5-3-4-6-12(11)16(13)2/h3-6,10,14,17H,7-9H2,1-2H3. The first-order valence-electron chi connectivity index (χ1n) is 5.94. The zero-order chi connectivity index (χ0) is 12.3. The molecule has 0 amide bonds. The van der Waals surface area contributed by atoms with Crippen LogP contribution in [0.4, 0.5) is 0 Å². The van der Waals surface area contributed by atoms with E-state index in [0.29, 0.717) is 0 Å². The highest BCUT2D eigenvalue weighted by molar-refractivity contribution is 5.75. The molecule has 0 saturated carbocycles. The van der Waals surface area contributed by atoms with Crippen LogP contribution in [-0.4, -0.2) is 27.8 Å². The summed E-state index contributed by atoms with van der Waals surface area (Å²) in [6, 6.07) is 8.12. The van der Waals surface area contributed by atoms with Crippen LogP contribution in [0.1, 0.15) is 12.7 Å². The Morgan fingerprint density at radius 1 is 1.41 bits per heavy atom. The Balaban J connectivity index is 2.06. The van der Waals surface area contributed by atoms with Gasteiger partial charge in [0, 0.05) is 20.2 Å². The van der Waals surface area contributed by atoms with Crippen molar-refractivity contribution >= 4 is 11.0 Å². The molecule has 4 heteroatoms. The zero-order valence-electron chi connectivity index (χ0n) is 10.3. The van der Waals surface area contributed by atoms with Crippen molar-refractivity contribution in [2.24, 2.45) is 13.0 Å². The molecule has 0 bridgehead atoms. The maximum atomic E-state index is 8.94. The molecule has 1 atom stereocenters. The van der Waals surface area contributed by atoms with Gasteiger partial charge >= 0.3 is 0 Å². The number of hydrogen-bond donors (Lipinski definition) is 2. The van der Waals surface area contributed by atoms with Gasteiger partial charge in [0.25, 0.3) is 0 Å². The van der Waals surface area contributed by atoms with E-state index >= 15 is 0 Å². The molecule has 2 N–H and O–H groups in total. The third kappa shape index (κ3) is 2.65. The van der Waals surface area contributed by atoms with E-state index < -0.39 is 0 Å². The Morgan fingerprint density at radius 3 is 2.88 bits per heavy atom. The number of aryl methyl sites for hydroxylation is 1. The first-order valence-corrected chi connectivity index (χ1v) is 5.94. The van der Waals surface area contributed by atoms with Gasteiger partial charge in [-0.1, -0.05) is 19.1 Å². The molecule has 0 aliphatic heterocycles. The number of nitrogens with one attached hydrogen (secondary N) is 1.